The molecule has 0 saturated carbocycles. The lowest BCUT2D eigenvalue weighted by molar-refractivity contribution is -0.177. The molecule has 0 aromatic carbocycles. The van der Waals surface area contributed by atoms with Gasteiger partial charge in [-0.2, -0.15) is 13.2 Å². The summed E-state index contributed by atoms with van der Waals surface area (Å²) >= 11 is 0. The Labute approximate surface area is 104 Å². The predicted molar refractivity (Wildman–Crippen MR) is 58.0 cm³/mol. The molecule has 0 spiro atoms. The van der Waals surface area contributed by atoms with E-state index in [2.05, 4.69) is 0 Å². The van der Waals surface area contributed by atoms with Crippen LogP contribution >= 0.6 is 0 Å². The van der Waals surface area contributed by atoms with Gasteiger partial charge in [0.2, 0.25) is 0 Å². The lowest BCUT2D eigenvalue weighted by atomic mass is 10.2. The van der Waals surface area contributed by atoms with E-state index in [0.29, 0.717) is 4.90 Å². The van der Waals surface area contributed by atoms with Gasteiger partial charge < -0.3 is 9.84 Å². The van der Waals surface area contributed by atoms with Gasteiger partial charge in [0.1, 0.15) is 11.6 Å². The first-order valence-corrected chi connectivity index (χ1v) is 5.75. The highest BCUT2D eigenvalue weighted by atomic mass is 19.4. The van der Waals surface area contributed by atoms with E-state index in [1.54, 1.807) is 20.8 Å². The Morgan fingerprint density at radius 3 is 2.28 bits per heavy atom. The van der Waals surface area contributed by atoms with Crippen molar-refractivity contribution in [2.75, 3.05) is 6.61 Å². The van der Waals surface area contributed by atoms with Gasteiger partial charge in [0.25, 0.3) is 0 Å². The number of nitrogens with zero attached hydrogens (tertiary/aromatic N) is 1. The van der Waals surface area contributed by atoms with Gasteiger partial charge in [-0.15, -0.1) is 0 Å². The van der Waals surface area contributed by atoms with Crippen molar-refractivity contribution in [3.05, 3.63) is 0 Å². The second kappa shape index (κ2) is 4.95. The first-order chi connectivity index (χ1) is 8.06. The number of carbonyl (C=O) groups is 1. The monoisotopic (exact) mass is 269 g/mol. The van der Waals surface area contributed by atoms with Crippen molar-refractivity contribution in [3.63, 3.8) is 0 Å². The van der Waals surface area contributed by atoms with Gasteiger partial charge in [0.05, 0.1) is 12.6 Å². The molecular formula is C11H18F3NO3. The molecule has 1 fully saturated rings. The molecule has 0 aromatic rings. The zero-order valence-corrected chi connectivity index (χ0v) is 10.6. The van der Waals surface area contributed by atoms with E-state index in [0.717, 1.165) is 0 Å². The molecule has 1 aliphatic rings. The molecule has 1 aliphatic heterocycles. The van der Waals surface area contributed by atoms with Crippen molar-refractivity contribution in [1.29, 1.82) is 0 Å². The minimum absolute atomic E-state index is 0.125. The molecule has 1 N–H and O–H groups in total. The highest BCUT2D eigenvalue weighted by Gasteiger charge is 2.52. The Bertz CT molecular complexity index is 312. The van der Waals surface area contributed by atoms with Crippen molar-refractivity contribution in [3.8, 4) is 0 Å². The zero-order chi connectivity index (χ0) is 14.1. The fraction of sp³-hybridized carbons (Fsp3) is 0.909. The molecule has 0 unspecified atom stereocenters. The number of aliphatic hydroxyl groups is 1. The standard InChI is InChI=1S/C11H18F3NO3/c1-10(2,3)18-9(17)15-7(6-16)4-5-8(15)11(12,13)14/h7-8,16H,4-6H2,1-3H3/t7-,8+/m1/s1. The third-order valence-electron chi connectivity index (χ3n) is 2.70. The fourth-order valence-electron chi connectivity index (χ4n) is 1.97. The third-order valence-corrected chi connectivity index (χ3v) is 2.70. The molecule has 4 nitrogen and oxygen atoms in total. The Balaban J connectivity index is 2.88. The highest BCUT2D eigenvalue weighted by Crippen LogP contribution is 2.36. The van der Waals surface area contributed by atoms with Crippen LogP contribution in [0.25, 0.3) is 0 Å². The summed E-state index contributed by atoms with van der Waals surface area (Å²) in [4.78, 5) is 12.4. The second-order valence-corrected chi connectivity index (χ2v) is 5.36. The number of hydrogen-bond acceptors (Lipinski definition) is 3. The van der Waals surface area contributed by atoms with Crippen molar-refractivity contribution < 1.29 is 27.8 Å². The Morgan fingerprint density at radius 1 is 1.33 bits per heavy atom. The SMILES string of the molecule is CC(C)(C)OC(=O)N1[C@@H](CO)CC[C@H]1C(F)(F)F. The van der Waals surface area contributed by atoms with Gasteiger partial charge >= 0.3 is 12.3 Å². The van der Waals surface area contributed by atoms with Crippen LogP contribution in [-0.4, -0.2) is 46.6 Å². The van der Waals surface area contributed by atoms with Crippen molar-refractivity contribution in [1.82, 2.24) is 4.90 Å². The molecule has 7 heteroatoms. The second-order valence-electron chi connectivity index (χ2n) is 5.36. The molecule has 106 valence electrons. The molecule has 1 amide bonds. The summed E-state index contributed by atoms with van der Waals surface area (Å²) in [7, 11) is 0. The molecule has 1 heterocycles. The minimum Gasteiger partial charge on any atom is -0.444 e. The molecular weight excluding hydrogens is 251 g/mol. The van der Waals surface area contributed by atoms with Crippen LogP contribution in [0.1, 0.15) is 33.6 Å². The largest absolute Gasteiger partial charge is 0.444 e. The van der Waals surface area contributed by atoms with Crippen LogP contribution in [0.4, 0.5) is 18.0 Å². The van der Waals surface area contributed by atoms with Crippen LogP contribution in [0.15, 0.2) is 0 Å². The van der Waals surface area contributed by atoms with E-state index >= 15 is 0 Å². The Hall–Kier alpha value is -0.980. The normalized spacial score (nSPS) is 25.4. The number of alkyl halides is 3. The van der Waals surface area contributed by atoms with Gasteiger partial charge in [-0.1, -0.05) is 0 Å². The molecule has 0 aromatic heterocycles. The maximum atomic E-state index is 12.8. The van der Waals surface area contributed by atoms with Crippen LogP contribution in [0.2, 0.25) is 0 Å². The summed E-state index contributed by atoms with van der Waals surface area (Å²) in [5.41, 5.74) is -0.865. The summed E-state index contributed by atoms with van der Waals surface area (Å²) < 4.78 is 43.3. The van der Waals surface area contributed by atoms with Crippen LogP contribution in [0, 0.1) is 0 Å². The van der Waals surface area contributed by atoms with Gasteiger partial charge in [0.15, 0.2) is 0 Å². The quantitative estimate of drug-likeness (QED) is 0.794. The number of carbonyl (C=O) groups excluding carboxylic acids is 1. The number of hydrogen-bond donors (Lipinski definition) is 1. The van der Waals surface area contributed by atoms with E-state index in [4.69, 9.17) is 9.84 Å². The van der Waals surface area contributed by atoms with E-state index in [-0.39, 0.29) is 12.8 Å². The third kappa shape index (κ3) is 3.51. The number of likely N-dealkylation sites (tertiary alicyclic amines) is 1. The lowest BCUT2D eigenvalue weighted by Gasteiger charge is -2.32. The molecule has 0 bridgehead atoms. The summed E-state index contributed by atoms with van der Waals surface area (Å²) in [6.45, 7) is 4.25. The first-order valence-electron chi connectivity index (χ1n) is 5.75. The summed E-state index contributed by atoms with van der Waals surface area (Å²) in [6.07, 6.45) is -5.60. The topological polar surface area (TPSA) is 49.8 Å². The molecule has 1 rings (SSSR count). The molecule has 0 aliphatic carbocycles. The van der Waals surface area contributed by atoms with Gasteiger partial charge in [-0.25, -0.2) is 4.79 Å². The number of halogens is 3. The lowest BCUT2D eigenvalue weighted by Crippen LogP contribution is -2.50. The number of aliphatic hydroxyl groups excluding tert-OH is 1. The molecule has 2 atom stereocenters. The van der Waals surface area contributed by atoms with Crippen molar-refractivity contribution >= 4 is 6.09 Å². The maximum Gasteiger partial charge on any atom is 0.411 e. The van der Waals surface area contributed by atoms with E-state index in [1.165, 1.54) is 0 Å². The Kier molecular flexibility index (Phi) is 4.15. The van der Waals surface area contributed by atoms with E-state index in [1.807, 2.05) is 0 Å². The van der Waals surface area contributed by atoms with Crippen LogP contribution in [-0.2, 0) is 4.74 Å². The van der Waals surface area contributed by atoms with Gasteiger partial charge in [-0.05, 0) is 33.6 Å². The summed E-state index contributed by atoms with van der Waals surface area (Å²) in [5, 5.41) is 9.05. The fourth-order valence-corrected chi connectivity index (χ4v) is 1.97. The summed E-state index contributed by atoms with van der Waals surface area (Å²) in [5.74, 6) is 0. The van der Waals surface area contributed by atoms with Crippen molar-refractivity contribution in [2.24, 2.45) is 0 Å². The average molecular weight is 269 g/mol. The zero-order valence-electron chi connectivity index (χ0n) is 10.6. The van der Waals surface area contributed by atoms with Crippen molar-refractivity contribution in [2.45, 2.75) is 57.5 Å². The first kappa shape index (κ1) is 15.1. The molecule has 18 heavy (non-hydrogen) atoms. The maximum absolute atomic E-state index is 12.8. The van der Waals surface area contributed by atoms with E-state index < -0.39 is 36.6 Å². The van der Waals surface area contributed by atoms with Gasteiger partial charge in [0, 0.05) is 0 Å². The number of ether oxygens (including phenoxy) is 1. The number of rotatable bonds is 1. The number of amides is 1. The molecule has 1 saturated heterocycles. The smallest absolute Gasteiger partial charge is 0.411 e. The van der Waals surface area contributed by atoms with Gasteiger partial charge in [-0.3, -0.25) is 4.90 Å². The van der Waals surface area contributed by atoms with Crippen LogP contribution in [0.5, 0.6) is 0 Å². The predicted octanol–water partition coefficient (Wildman–Crippen LogP) is 2.31. The Morgan fingerprint density at radius 2 is 1.89 bits per heavy atom. The average Bonchev–Trinajstić information content (AvgIpc) is 2.56. The van der Waals surface area contributed by atoms with E-state index in [9.17, 15) is 18.0 Å². The summed E-state index contributed by atoms with van der Waals surface area (Å²) in [6, 6.07) is -2.70. The molecule has 0 radical (unpaired) electrons. The van der Waals surface area contributed by atoms with Crippen LogP contribution < -0.4 is 0 Å². The minimum atomic E-state index is -4.50. The highest BCUT2D eigenvalue weighted by molar-refractivity contribution is 5.69. The van der Waals surface area contributed by atoms with Crippen LogP contribution in [0.3, 0.4) is 0 Å².